The van der Waals surface area contributed by atoms with E-state index in [1.165, 1.54) is 39.2 Å². The molecule has 7 heteroatoms. The first-order valence-electron chi connectivity index (χ1n) is 6.43. The molecule has 0 radical (unpaired) electrons. The van der Waals surface area contributed by atoms with E-state index in [9.17, 15) is 19.1 Å². The maximum atomic E-state index is 13.1. The monoisotopic (exact) mass is 311 g/mol. The van der Waals surface area contributed by atoms with E-state index in [2.05, 4.69) is 0 Å². The number of hydrogen-bond acceptors (Lipinski definition) is 5. The fraction of sp³-hybridized carbons (Fsp3) is 0.333. The molecule has 0 aliphatic carbocycles. The molecule has 0 unspecified atom stereocenters. The number of ether oxygens (including phenoxy) is 1. The summed E-state index contributed by atoms with van der Waals surface area (Å²) >= 11 is 0. The van der Waals surface area contributed by atoms with Gasteiger partial charge in [0.15, 0.2) is 12.0 Å². The highest BCUT2D eigenvalue weighted by Crippen LogP contribution is 2.12. The molecule has 1 N–H and O–H groups in total. The first-order chi connectivity index (χ1) is 10.2. The van der Waals surface area contributed by atoms with Crippen molar-refractivity contribution in [2.45, 2.75) is 26.2 Å². The minimum atomic E-state index is -1.60. The van der Waals surface area contributed by atoms with Crippen molar-refractivity contribution in [3.8, 4) is 0 Å². The Morgan fingerprint density at radius 1 is 1.45 bits per heavy atom. The number of hydroxylamine groups is 2. The second-order valence-corrected chi connectivity index (χ2v) is 4.90. The SMILES string of the molecule is CON(Cc1cccc(F)c1)C(=O)/C=C(/C=O)OC(C)(C)O. The van der Waals surface area contributed by atoms with Gasteiger partial charge in [-0.3, -0.25) is 14.4 Å². The number of halogens is 1. The van der Waals surface area contributed by atoms with Gasteiger partial charge in [0.05, 0.1) is 19.7 Å². The molecule has 120 valence electrons. The molecule has 0 aromatic heterocycles. The van der Waals surface area contributed by atoms with Crippen LogP contribution in [0.4, 0.5) is 4.39 Å². The van der Waals surface area contributed by atoms with Crippen LogP contribution >= 0.6 is 0 Å². The molecule has 0 saturated heterocycles. The van der Waals surface area contributed by atoms with E-state index in [0.29, 0.717) is 11.8 Å². The molecular weight excluding hydrogens is 293 g/mol. The number of aldehydes is 1. The number of carbonyl (C=O) groups is 2. The third-order valence-electron chi connectivity index (χ3n) is 2.43. The topological polar surface area (TPSA) is 76.1 Å². The van der Waals surface area contributed by atoms with Crippen LogP contribution < -0.4 is 0 Å². The van der Waals surface area contributed by atoms with Gasteiger partial charge in [-0.1, -0.05) is 12.1 Å². The van der Waals surface area contributed by atoms with Crippen LogP contribution in [0.2, 0.25) is 0 Å². The summed E-state index contributed by atoms with van der Waals surface area (Å²) < 4.78 is 18.0. The first-order valence-corrected chi connectivity index (χ1v) is 6.43. The molecule has 0 spiro atoms. The van der Waals surface area contributed by atoms with Gasteiger partial charge in [0.25, 0.3) is 5.91 Å². The normalized spacial score (nSPS) is 12.0. The zero-order chi connectivity index (χ0) is 16.8. The van der Waals surface area contributed by atoms with Crippen LogP contribution in [-0.4, -0.2) is 35.3 Å². The third-order valence-corrected chi connectivity index (χ3v) is 2.43. The van der Waals surface area contributed by atoms with Gasteiger partial charge in [-0.15, -0.1) is 0 Å². The van der Waals surface area contributed by atoms with E-state index in [-0.39, 0.29) is 12.3 Å². The van der Waals surface area contributed by atoms with Crippen LogP contribution in [0.15, 0.2) is 36.1 Å². The average Bonchev–Trinajstić information content (AvgIpc) is 2.42. The van der Waals surface area contributed by atoms with Gasteiger partial charge in [0.2, 0.25) is 5.79 Å². The lowest BCUT2D eigenvalue weighted by Crippen LogP contribution is -2.29. The van der Waals surface area contributed by atoms with Gasteiger partial charge in [-0.25, -0.2) is 9.45 Å². The molecule has 0 bridgehead atoms. The molecule has 1 rings (SSSR count). The van der Waals surface area contributed by atoms with Gasteiger partial charge >= 0.3 is 0 Å². The zero-order valence-corrected chi connectivity index (χ0v) is 12.6. The molecule has 0 heterocycles. The zero-order valence-electron chi connectivity index (χ0n) is 12.6. The van der Waals surface area contributed by atoms with E-state index >= 15 is 0 Å². The molecule has 0 aliphatic rings. The van der Waals surface area contributed by atoms with Crippen LogP contribution in [-0.2, 0) is 25.7 Å². The van der Waals surface area contributed by atoms with Crippen molar-refractivity contribution in [3.05, 3.63) is 47.5 Å². The number of aliphatic hydroxyl groups is 1. The number of amides is 1. The molecule has 0 aliphatic heterocycles. The van der Waals surface area contributed by atoms with Gasteiger partial charge in [0.1, 0.15) is 5.82 Å². The summed E-state index contributed by atoms with van der Waals surface area (Å²) in [4.78, 5) is 27.8. The summed E-state index contributed by atoms with van der Waals surface area (Å²) in [7, 11) is 1.27. The number of benzene rings is 1. The highest BCUT2D eigenvalue weighted by atomic mass is 19.1. The van der Waals surface area contributed by atoms with E-state index in [1.807, 2.05) is 0 Å². The quantitative estimate of drug-likeness (QED) is 0.272. The Balaban J connectivity index is 2.85. The summed E-state index contributed by atoms with van der Waals surface area (Å²) in [6, 6.07) is 5.67. The number of carbonyl (C=O) groups excluding carboxylic acids is 2. The first kappa shape index (κ1) is 17.8. The minimum Gasteiger partial charge on any atom is -0.460 e. The predicted molar refractivity (Wildman–Crippen MR) is 75.5 cm³/mol. The second kappa shape index (κ2) is 7.67. The maximum absolute atomic E-state index is 13.1. The Hall–Kier alpha value is -2.25. The van der Waals surface area contributed by atoms with E-state index in [0.717, 1.165) is 11.1 Å². The maximum Gasteiger partial charge on any atom is 0.274 e. The van der Waals surface area contributed by atoms with Gasteiger partial charge in [0, 0.05) is 13.8 Å². The Bertz CT molecular complexity index is 565. The molecule has 1 amide bonds. The largest absolute Gasteiger partial charge is 0.460 e. The van der Waals surface area contributed by atoms with E-state index in [4.69, 9.17) is 9.57 Å². The Morgan fingerprint density at radius 2 is 2.14 bits per heavy atom. The fourth-order valence-electron chi connectivity index (χ4n) is 1.60. The van der Waals surface area contributed by atoms with Gasteiger partial charge in [-0.05, 0) is 17.7 Å². The van der Waals surface area contributed by atoms with Crippen LogP contribution in [0.25, 0.3) is 0 Å². The second-order valence-electron chi connectivity index (χ2n) is 4.90. The number of hydrogen-bond donors (Lipinski definition) is 1. The molecular formula is C15H18FNO5. The lowest BCUT2D eigenvalue weighted by atomic mass is 10.2. The predicted octanol–water partition coefficient (Wildman–Crippen LogP) is 1.54. The number of nitrogens with zero attached hydrogens (tertiary/aromatic N) is 1. The summed E-state index contributed by atoms with van der Waals surface area (Å²) in [5, 5.41) is 10.4. The highest BCUT2D eigenvalue weighted by Gasteiger charge is 2.19. The third kappa shape index (κ3) is 6.02. The molecule has 1 aromatic rings. The van der Waals surface area contributed by atoms with Crippen molar-refractivity contribution in [1.82, 2.24) is 5.06 Å². The molecule has 22 heavy (non-hydrogen) atoms. The van der Waals surface area contributed by atoms with Gasteiger partial charge in [-0.2, -0.15) is 0 Å². The van der Waals surface area contributed by atoms with Crippen molar-refractivity contribution < 1.29 is 28.7 Å². The van der Waals surface area contributed by atoms with Crippen LogP contribution in [0.1, 0.15) is 19.4 Å². The van der Waals surface area contributed by atoms with Crippen molar-refractivity contribution in [3.63, 3.8) is 0 Å². The highest BCUT2D eigenvalue weighted by molar-refractivity contribution is 5.91. The van der Waals surface area contributed by atoms with Crippen LogP contribution in [0.5, 0.6) is 0 Å². The standard InChI is InChI=1S/C15H18FNO5/c1-15(2,20)22-13(10-18)8-14(19)17(21-3)9-11-5-4-6-12(16)7-11/h4-8,10,20H,9H2,1-3H3/b13-8-. The lowest BCUT2D eigenvalue weighted by Gasteiger charge is -2.21. The van der Waals surface area contributed by atoms with Crippen molar-refractivity contribution in [2.75, 3.05) is 7.11 Å². The van der Waals surface area contributed by atoms with E-state index in [1.54, 1.807) is 6.07 Å². The number of allylic oxidation sites excluding steroid dienone is 1. The summed E-state index contributed by atoms with van der Waals surface area (Å²) in [5.74, 6) is -3.07. The fourth-order valence-corrected chi connectivity index (χ4v) is 1.60. The molecule has 0 fully saturated rings. The Labute approximate surface area is 127 Å². The van der Waals surface area contributed by atoms with Crippen LogP contribution in [0, 0.1) is 5.82 Å². The van der Waals surface area contributed by atoms with Crippen LogP contribution in [0.3, 0.4) is 0 Å². The molecule has 6 nitrogen and oxygen atoms in total. The van der Waals surface area contributed by atoms with Gasteiger partial charge < -0.3 is 9.84 Å². The summed E-state index contributed by atoms with van der Waals surface area (Å²) in [6.07, 6.45) is 1.18. The molecule has 0 atom stereocenters. The lowest BCUT2D eigenvalue weighted by molar-refractivity contribution is -0.175. The summed E-state index contributed by atoms with van der Waals surface area (Å²) in [5.41, 5.74) is 0.514. The average molecular weight is 311 g/mol. The van der Waals surface area contributed by atoms with E-state index < -0.39 is 17.5 Å². The number of rotatable bonds is 7. The summed E-state index contributed by atoms with van der Waals surface area (Å²) in [6.45, 7) is 2.61. The molecule has 0 saturated carbocycles. The minimum absolute atomic E-state index is 0.0156. The molecule has 1 aromatic carbocycles. The Kier molecular flexibility index (Phi) is 6.21. The van der Waals surface area contributed by atoms with Crippen molar-refractivity contribution >= 4 is 12.2 Å². The Morgan fingerprint density at radius 3 is 2.64 bits per heavy atom. The van der Waals surface area contributed by atoms with Crippen molar-refractivity contribution in [2.24, 2.45) is 0 Å². The van der Waals surface area contributed by atoms with Crippen molar-refractivity contribution in [1.29, 1.82) is 0 Å². The smallest absolute Gasteiger partial charge is 0.274 e.